The van der Waals surface area contributed by atoms with Crippen LogP contribution in [0.5, 0.6) is 0 Å². The van der Waals surface area contributed by atoms with Gasteiger partial charge in [-0.3, -0.25) is 0 Å². The Kier molecular flexibility index (Phi) is 20.3. The zero-order valence-corrected chi connectivity index (χ0v) is 5.44. The van der Waals surface area contributed by atoms with E-state index in [4.69, 9.17) is 20.4 Å². The maximum atomic E-state index is 4.70. The fraction of sp³-hybridized carbons (Fsp3) is 0. The summed E-state index contributed by atoms with van der Waals surface area (Å²) in [4.78, 5) is 0. The first-order valence-corrected chi connectivity index (χ1v) is 2.96. The molecule has 0 aromatic rings. The topological polar surface area (TPSA) is 0 Å². The second kappa shape index (κ2) is 8.83. The van der Waals surface area contributed by atoms with Crippen LogP contribution in [0.25, 0.3) is 0 Å². The van der Waals surface area contributed by atoms with Crippen molar-refractivity contribution in [1.29, 1.82) is 0 Å². The molecule has 0 aromatic heterocycles. The minimum absolute atomic E-state index is 0. The van der Waals surface area contributed by atoms with Crippen LogP contribution in [0.2, 0.25) is 0 Å². The van der Waals surface area contributed by atoms with Crippen molar-refractivity contribution in [1.82, 2.24) is 0 Å². The fourth-order valence-electron chi connectivity index (χ4n) is 0. The number of hydrogen-bond acceptors (Lipinski definition) is 0. The molecule has 0 unspecified atom stereocenters. The van der Waals surface area contributed by atoms with Gasteiger partial charge in [-0.15, -0.1) is 0 Å². The van der Waals surface area contributed by atoms with Gasteiger partial charge >= 0.3 is 33.0 Å². The summed E-state index contributed by atoms with van der Waals surface area (Å²) in [7, 11) is 9.40. The first-order valence-electron chi connectivity index (χ1n) is 0.239. The van der Waals surface area contributed by atoms with Gasteiger partial charge in [0.1, 0.15) is 0 Å². The summed E-state index contributed by atoms with van der Waals surface area (Å²) in [6, 6.07) is 0. The third kappa shape index (κ3) is 9.28. The molecule has 0 atom stereocenters. The van der Waals surface area contributed by atoms with Gasteiger partial charge in [0.2, 0.25) is 0 Å². The predicted molar refractivity (Wildman–Crippen MR) is 11.7 cm³/mol. The molecule has 0 heterocycles. The quantitative estimate of drug-likeness (QED) is 0.557. The van der Waals surface area contributed by atoms with Gasteiger partial charge in [-0.05, 0) is 0 Å². The van der Waals surface area contributed by atoms with Crippen molar-refractivity contribution in [2.24, 2.45) is 0 Å². The van der Waals surface area contributed by atoms with Crippen LogP contribution in [0.3, 0.4) is 0 Å². The van der Waals surface area contributed by atoms with E-state index in [1.807, 2.05) is 0 Å². The average molecular weight is 236 g/mol. The average Bonchev–Trinajstić information content (AvgIpc) is 0.918. The molecule has 0 spiro atoms. The van der Waals surface area contributed by atoms with Crippen LogP contribution in [0, 0.1) is 0 Å². The normalized spacial score (nSPS) is 5.50. The Morgan fingerprint density at radius 3 is 1.25 bits per heavy atom. The molecule has 0 fully saturated rings. The number of hydrogen-bond donors (Lipinski definition) is 0. The van der Waals surface area contributed by atoms with Gasteiger partial charge in [0.25, 0.3) is 0 Å². The maximum absolute atomic E-state index is 4.70. The fourth-order valence-corrected chi connectivity index (χ4v) is 0. The summed E-state index contributed by atoms with van der Waals surface area (Å²) in [5.74, 6) is 0. The standard InChI is InChI=1S/2ClH.Ni.Pd/h2*1H;;/q;;+2;/p-2. The van der Waals surface area contributed by atoms with Gasteiger partial charge in [-0.1, -0.05) is 0 Å². The summed E-state index contributed by atoms with van der Waals surface area (Å²) < 4.78 is 0. The molecular weight excluding hydrogens is 236 g/mol. The molecule has 4 heavy (non-hydrogen) atoms. The van der Waals surface area contributed by atoms with Crippen molar-refractivity contribution in [2.45, 2.75) is 0 Å². The van der Waals surface area contributed by atoms with Crippen molar-refractivity contribution in [2.75, 3.05) is 0 Å². The molecule has 4 heteroatoms. The molecule has 0 nitrogen and oxygen atoms in total. The minimum atomic E-state index is 0. The molecule has 0 aliphatic rings. The van der Waals surface area contributed by atoms with Gasteiger partial charge in [0, 0.05) is 20.4 Å². The van der Waals surface area contributed by atoms with Crippen LogP contribution >= 0.6 is 20.4 Å². The Morgan fingerprint density at radius 2 is 1.25 bits per heavy atom. The van der Waals surface area contributed by atoms with Crippen LogP contribution in [-0.2, 0) is 33.1 Å². The van der Waals surface area contributed by atoms with E-state index >= 15 is 0 Å². The van der Waals surface area contributed by atoms with Crippen molar-refractivity contribution < 1.29 is 33.1 Å². The van der Waals surface area contributed by atoms with E-state index in [1.54, 1.807) is 0 Å². The van der Waals surface area contributed by atoms with Crippen LogP contribution in [-0.4, -0.2) is 0 Å². The molecule has 0 aliphatic heterocycles. The molecule has 0 saturated carbocycles. The van der Waals surface area contributed by atoms with E-state index in [0.29, 0.717) is 12.7 Å². The minimum Gasteiger partial charge on any atom is 0 e. The molecule has 0 rings (SSSR count). The summed E-state index contributed by atoms with van der Waals surface area (Å²) in [6.07, 6.45) is 0. The summed E-state index contributed by atoms with van der Waals surface area (Å²) >= 11 is 0.569. The second-order valence-electron chi connectivity index (χ2n) is 0.0452. The van der Waals surface area contributed by atoms with Crippen LogP contribution in [0.15, 0.2) is 0 Å². The molecular formula is Cl2NiPd. The van der Waals surface area contributed by atoms with Crippen molar-refractivity contribution in [3.63, 3.8) is 0 Å². The van der Waals surface area contributed by atoms with E-state index in [2.05, 4.69) is 0 Å². The largest absolute Gasteiger partial charge is 0 e. The van der Waals surface area contributed by atoms with Crippen LogP contribution in [0.1, 0.15) is 0 Å². The number of rotatable bonds is 0. The molecule has 0 N–H and O–H groups in total. The Hall–Kier alpha value is 1.74. The van der Waals surface area contributed by atoms with Gasteiger partial charge in [-0.25, -0.2) is 0 Å². The maximum Gasteiger partial charge on any atom is 0 e. The molecule has 0 bridgehead atoms. The van der Waals surface area contributed by atoms with Crippen LogP contribution in [0.4, 0.5) is 0 Å². The third-order valence-electron chi connectivity index (χ3n) is 0. The first kappa shape index (κ1) is 9.22. The Bertz CT molecular complexity index is 6.00. The summed E-state index contributed by atoms with van der Waals surface area (Å²) in [6.45, 7) is 0. The second-order valence-corrected chi connectivity index (χ2v) is 1.68. The van der Waals surface area contributed by atoms with E-state index in [0.717, 1.165) is 0 Å². The molecule has 0 aliphatic carbocycles. The zero-order valence-electron chi connectivity index (χ0n) is 1.39. The smallest absolute Gasteiger partial charge is 0 e. The Balaban J connectivity index is 0. The van der Waals surface area contributed by atoms with Gasteiger partial charge in [-0.2, -0.15) is 0 Å². The van der Waals surface area contributed by atoms with Crippen molar-refractivity contribution >= 4 is 20.4 Å². The van der Waals surface area contributed by atoms with Gasteiger partial charge in [0.05, 0.1) is 0 Å². The molecule has 34 valence electrons. The molecule has 0 amide bonds. The first-order chi connectivity index (χ1) is 1.41. The molecule has 0 aromatic carbocycles. The SMILES string of the molecule is [Cl][Ni][Cl].[Pd]. The third-order valence-corrected chi connectivity index (χ3v) is 0. The molecule has 0 saturated heterocycles. The molecule has 0 radical (unpaired) electrons. The monoisotopic (exact) mass is 234 g/mol. The van der Waals surface area contributed by atoms with E-state index in [-0.39, 0.29) is 20.4 Å². The summed E-state index contributed by atoms with van der Waals surface area (Å²) in [5, 5.41) is 0. The Morgan fingerprint density at radius 1 is 1.25 bits per heavy atom. The number of halogens is 2. The Labute approximate surface area is 53.2 Å². The van der Waals surface area contributed by atoms with Crippen molar-refractivity contribution in [3.05, 3.63) is 0 Å². The van der Waals surface area contributed by atoms with E-state index < -0.39 is 0 Å². The van der Waals surface area contributed by atoms with E-state index in [1.165, 1.54) is 0 Å². The van der Waals surface area contributed by atoms with Crippen LogP contribution < -0.4 is 0 Å². The van der Waals surface area contributed by atoms with Gasteiger partial charge in [0.15, 0.2) is 0 Å². The summed E-state index contributed by atoms with van der Waals surface area (Å²) in [5.41, 5.74) is 0. The van der Waals surface area contributed by atoms with Crippen molar-refractivity contribution in [3.8, 4) is 0 Å². The predicted octanol–water partition coefficient (Wildman–Crippen LogP) is 1.37. The zero-order chi connectivity index (χ0) is 2.71. The van der Waals surface area contributed by atoms with Gasteiger partial charge < -0.3 is 0 Å². The van der Waals surface area contributed by atoms with E-state index in [9.17, 15) is 0 Å².